The zero-order valence-corrected chi connectivity index (χ0v) is 16.7. The number of hydrogen-bond donors (Lipinski definition) is 0. The van der Waals surface area contributed by atoms with Gasteiger partial charge in [0.25, 0.3) is 5.88 Å². The minimum atomic E-state index is -0.169. The summed E-state index contributed by atoms with van der Waals surface area (Å²) in [4.78, 5) is 13.4. The number of fused-ring (bicyclic) bond motifs is 1. The van der Waals surface area contributed by atoms with E-state index in [9.17, 15) is 0 Å². The lowest BCUT2D eigenvalue weighted by atomic mass is 10.3. The Bertz CT molecular complexity index is 729. The molecule has 0 aliphatic carbocycles. The summed E-state index contributed by atoms with van der Waals surface area (Å²) in [6, 6.07) is 7.67. The zero-order chi connectivity index (χ0) is 17.1. The lowest BCUT2D eigenvalue weighted by molar-refractivity contribution is 0.0522. The van der Waals surface area contributed by atoms with Crippen molar-refractivity contribution in [2.24, 2.45) is 0 Å². The van der Waals surface area contributed by atoms with Crippen LogP contribution >= 0.6 is 24.8 Å². The van der Waals surface area contributed by atoms with Gasteiger partial charge in [0.05, 0.1) is 0 Å². The first-order valence-electron chi connectivity index (χ1n) is 8.55. The summed E-state index contributed by atoms with van der Waals surface area (Å²) in [6.45, 7) is 4.68. The molecule has 0 saturated carbocycles. The highest BCUT2D eigenvalue weighted by Crippen LogP contribution is 2.31. The van der Waals surface area contributed by atoms with Gasteiger partial charge in [-0.2, -0.15) is 0 Å². The minimum Gasteiger partial charge on any atom is -0.486 e. The van der Waals surface area contributed by atoms with Gasteiger partial charge in [0.15, 0.2) is 23.4 Å². The molecule has 3 heterocycles. The predicted molar refractivity (Wildman–Crippen MR) is 108 cm³/mol. The molecule has 2 aromatic rings. The van der Waals surface area contributed by atoms with Crippen LogP contribution in [0.25, 0.3) is 0 Å². The quantitative estimate of drug-likeness (QED) is 0.760. The van der Waals surface area contributed by atoms with Gasteiger partial charge in [0.1, 0.15) is 13.2 Å². The van der Waals surface area contributed by atoms with Crippen LogP contribution in [0.2, 0.25) is 0 Å². The number of benzene rings is 1. The molecule has 4 rings (SSSR count). The second kappa shape index (κ2) is 9.82. The molecule has 27 heavy (non-hydrogen) atoms. The fourth-order valence-electron chi connectivity index (χ4n) is 2.97. The number of piperazine rings is 1. The van der Waals surface area contributed by atoms with E-state index < -0.39 is 0 Å². The number of ether oxygens (including phenoxy) is 3. The first-order valence-corrected chi connectivity index (χ1v) is 8.55. The number of rotatable bonds is 4. The maximum absolute atomic E-state index is 5.94. The first-order chi connectivity index (χ1) is 12.3. The van der Waals surface area contributed by atoms with E-state index in [1.807, 2.05) is 24.3 Å². The Morgan fingerprint density at radius 1 is 1.04 bits per heavy atom. The number of nitrogens with zero attached hydrogens (tertiary/aromatic N) is 4. The molecule has 1 atom stereocenters. The summed E-state index contributed by atoms with van der Waals surface area (Å²) in [7, 11) is 2.13. The van der Waals surface area contributed by atoms with Gasteiger partial charge in [-0.15, -0.1) is 24.8 Å². The summed E-state index contributed by atoms with van der Waals surface area (Å²) < 4.78 is 17.6. The topological polar surface area (TPSA) is 60.0 Å². The van der Waals surface area contributed by atoms with Crippen molar-refractivity contribution < 1.29 is 14.2 Å². The Balaban J connectivity index is 0.00000131. The molecule has 0 amide bonds. The molecular weight excluding hydrogens is 391 g/mol. The van der Waals surface area contributed by atoms with Crippen LogP contribution in [0.1, 0.15) is 0 Å². The molecule has 2 aliphatic heterocycles. The molecule has 1 saturated heterocycles. The van der Waals surface area contributed by atoms with E-state index in [1.54, 1.807) is 12.4 Å². The van der Waals surface area contributed by atoms with Crippen LogP contribution in [-0.2, 0) is 0 Å². The van der Waals surface area contributed by atoms with Gasteiger partial charge in [-0.25, -0.2) is 9.97 Å². The molecule has 148 valence electrons. The third-order valence-corrected chi connectivity index (χ3v) is 4.42. The smallest absolute Gasteiger partial charge is 0.257 e. The van der Waals surface area contributed by atoms with Crippen LogP contribution < -0.4 is 19.1 Å². The number of aromatic nitrogens is 2. The lowest BCUT2D eigenvalue weighted by Gasteiger charge is -2.33. The molecule has 7 nitrogen and oxygen atoms in total. The number of anilines is 1. The lowest BCUT2D eigenvalue weighted by Crippen LogP contribution is -2.45. The van der Waals surface area contributed by atoms with Crippen molar-refractivity contribution in [1.82, 2.24) is 14.9 Å². The Labute approximate surface area is 171 Å². The monoisotopic (exact) mass is 414 g/mol. The molecular formula is C18H24Cl2N4O3. The van der Waals surface area contributed by atoms with Crippen molar-refractivity contribution in [2.75, 3.05) is 51.3 Å². The molecule has 1 fully saturated rings. The summed E-state index contributed by atoms with van der Waals surface area (Å²) in [6.07, 6.45) is 3.19. The van der Waals surface area contributed by atoms with Gasteiger partial charge in [-0.1, -0.05) is 12.1 Å². The summed E-state index contributed by atoms with van der Waals surface area (Å²) in [5, 5.41) is 0. The third kappa shape index (κ3) is 5.06. The van der Waals surface area contributed by atoms with Crippen molar-refractivity contribution in [3.63, 3.8) is 0 Å². The summed E-state index contributed by atoms with van der Waals surface area (Å²) in [5.41, 5.74) is 0. The largest absolute Gasteiger partial charge is 0.486 e. The Morgan fingerprint density at radius 3 is 2.52 bits per heavy atom. The second-order valence-corrected chi connectivity index (χ2v) is 6.28. The first kappa shape index (κ1) is 21.3. The standard InChI is InChI=1S/C18H22N4O3.2ClH/c1-21-8-10-22(11-9-21)17-18(20-7-6-19-17)24-13-14-12-23-15-4-2-3-5-16(15)25-14;;/h2-7,14H,8-13H2,1H3;2*1H. The Kier molecular flexibility index (Phi) is 7.77. The van der Waals surface area contributed by atoms with E-state index in [0.717, 1.165) is 43.5 Å². The van der Waals surface area contributed by atoms with Crippen LogP contribution in [0.15, 0.2) is 36.7 Å². The van der Waals surface area contributed by atoms with E-state index in [2.05, 4.69) is 26.8 Å². The molecule has 0 N–H and O–H groups in total. The van der Waals surface area contributed by atoms with E-state index >= 15 is 0 Å². The van der Waals surface area contributed by atoms with Crippen LogP contribution in [0.4, 0.5) is 5.82 Å². The van der Waals surface area contributed by atoms with Crippen LogP contribution in [0.3, 0.4) is 0 Å². The van der Waals surface area contributed by atoms with E-state index in [0.29, 0.717) is 19.1 Å². The van der Waals surface area contributed by atoms with Gasteiger partial charge in [-0.3, -0.25) is 0 Å². The molecule has 2 aliphatic rings. The molecule has 0 bridgehead atoms. The van der Waals surface area contributed by atoms with E-state index in [-0.39, 0.29) is 30.9 Å². The summed E-state index contributed by atoms with van der Waals surface area (Å²) >= 11 is 0. The minimum absolute atomic E-state index is 0. The maximum atomic E-state index is 5.94. The van der Waals surface area contributed by atoms with Crippen molar-refractivity contribution >= 4 is 30.6 Å². The molecule has 1 unspecified atom stereocenters. The SMILES string of the molecule is CN1CCN(c2nccnc2OCC2COc3ccccc3O2)CC1.Cl.Cl. The molecule has 1 aromatic carbocycles. The van der Waals surface area contributed by atoms with E-state index in [1.165, 1.54) is 0 Å². The highest BCUT2D eigenvalue weighted by atomic mass is 35.5. The summed E-state index contributed by atoms with van der Waals surface area (Å²) in [5.74, 6) is 2.87. The fraction of sp³-hybridized carbons (Fsp3) is 0.444. The number of halogens is 2. The number of likely N-dealkylation sites (N-methyl/N-ethyl adjacent to an activating group) is 1. The molecule has 0 spiro atoms. The molecule has 0 radical (unpaired) electrons. The Morgan fingerprint density at radius 2 is 1.74 bits per heavy atom. The van der Waals surface area contributed by atoms with Crippen molar-refractivity contribution in [2.45, 2.75) is 6.10 Å². The van der Waals surface area contributed by atoms with E-state index in [4.69, 9.17) is 14.2 Å². The van der Waals surface area contributed by atoms with Gasteiger partial charge in [0, 0.05) is 38.6 Å². The van der Waals surface area contributed by atoms with Crippen molar-refractivity contribution in [3.8, 4) is 17.4 Å². The van der Waals surface area contributed by atoms with Gasteiger partial charge < -0.3 is 24.0 Å². The number of para-hydroxylation sites is 2. The highest BCUT2D eigenvalue weighted by Gasteiger charge is 2.24. The van der Waals surface area contributed by atoms with Crippen molar-refractivity contribution in [3.05, 3.63) is 36.7 Å². The van der Waals surface area contributed by atoms with Crippen LogP contribution in [0, 0.1) is 0 Å². The average molecular weight is 415 g/mol. The van der Waals surface area contributed by atoms with Gasteiger partial charge in [-0.05, 0) is 19.2 Å². The third-order valence-electron chi connectivity index (χ3n) is 4.42. The van der Waals surface area contributed by atoms with Crippen LogP contribution in [0.5, 0.6) is 17.4 Å². The second-order valence-electron chi connectivity index (χ2n) is 6.28. The predicted octanol–water partition coefficient (Wildman–Crippen LogP) is 2.29. The van der Waals surface area contributed by atoms with Gasteiger partial charge in [0.2, 0.25) is 0 Å². The van der Waals surface area contributed by atoms with Gasteiger partial charge >= 0.3 is 0 Å². The Hall–Kier alpha value is -1.96. The zero-order valence-electron chi connectivity index (χ0n) is 15.1. The maximum Gasteiger partial charge on any atom is 0.257 e. The van der Waals surface area contributed by atoms with Crippen molar-refractivity contribution in [1.29, 1.82) is 0 Å². The average Bonchev–Trinajstić information content (AvgIpc) is 2.67. The normalized spacial score (nSPS) is 18.9. The van der Waals surface area contributed by atoms with Crippen LogP contribution in [-0.4, -0.2) is 67.4 Å². The molecule has 9 heteroatoms. The fourth-order valence-corrected chi connectivity index (χ4v) is 2.97. The molecule has 1 aromatic heterocycles. The highest BCUT2D eigenvalue weighted by molar-refractivity contribution is 5.85. The number of hydrogen-bond acceptors (Lipinski definition) is 7.